The number of hydrogen-bond donors (Lipinski definition) is 0. The van der Waals surface area contributed by atoms with Crippen molar-refractivity contribution < 1.29 is 19.1 Å². The van der Waals surface area contributed by atoms with Crippen LogP contribution in [0, 0.1) is 11.3 Å². The van der Waals surface area contributed by atoms with E-state index in [9.17, 15) is 9.59 Å². The molecule has 0 radical (unpaired) electrons. The molecule has 114 valence electrons. The summed E-state index contributed by atoms with van der Waals surface area (Å²) in [6, 6.07) is -0.139. The molecule has 1 heterocycles. The maximum Gasteiger partial charge on any atom is 0.410 e. The molecule has 1 saturated heterocycles. The standard InChI is InChI=1S/C14H22ClNO4/c1-13(2,3)20-12(18)16-7-10-5-4-6-14(10,8-16)11(17)19-9-15/h10H,4-9H2,1-3H3/t10-,14-/m1/s1. The van der Waals surface area contributed by atoms with Gasteiger partial charge in [0.25, 0.3) is 0 Å². The van der Waals surface area contributed by atoms with Gasteiger partial charge in [-0.2, -0.15) is 0 Å². The van der Waals surface area contributed by atoms with Crippen molar-refractivity contribution in [1.82, 2.24) is 4.90 Å². The molecule has 2 aliphatic rings. The number of carbonyl (C=O) groups is 2. The number of esters is 1. The van der Waals surface area contributed by atoms with Crippen LogP contribution in [0.1, 0.15) is 40.0 Å². The number of ether oxygens (including phenoxy) is 2. The molecule has 0 unspecified atom stereocenters. The van der Waals surface area contributed by atoms with Crippen LogP contribution in [0.25, 0.3) is 0 Å². The van der Waals surface area contributed by atoms with E-state index in [-0.39, 0.29) is 24.0 Å². The molecule has 20 heavy (non-hydrogen) atoms. The summed E-state index contributed by atoms with van der Waals surface area (Å²) in [4.78, 5) is 26.0. The van der Waals surface area contributed by atoms with E-state index in [0.29, 0.717) is 13.1 Å². The molecule has 1 aliphatic heterocycles. The summed E-state index contributed by atoms with van der Waals surface area (Å²) in [5.74, 6) is -0.119. The molecule has 1 saturated carbocycles. The Labute approximate surface area is 124 Å². The van der Waals surface area contributed by atoms with Crippen molar-refractivity contribution in [3.05, 3.63) is 0 Å². The molecule has 2 fully saturated rings. The van der Waals surface area contributed by atoms with Crippen LogP contribution in [0.3, 0.4) is 0 Å². The molecule has 0 bridgehead atoms. The minimum Gasteiger partial charge on any atom is -0.449 e. The minimum absolute atomic E-state index is 0.139. The van der Waals surface area contributed by atoms with Crippen molar-refractivity contribution in [2.45, 2.75) is 45.6 Å². The summed E-state index contributed by atoms with van der Waals surface area (Å²) in [7, 11) is 0. The number of halogens is 1. The van der Waals surface area contributed by atoms with Crippen LogP contribution in [0.15, 0.2) is 0 Å². The lowest BCUT2D eigenvalue weighted by Crippen LogP contribution is -2.40. The maximum absolute atomic E-state index is 12.2. The lowest BCUT2D eigenvalue weighted by Gasteiger charge is -2.27. The molecule has 0 aromatic carbocycles. The Morgan fingerprint density at radius 1 is 1.40 bits per heavy atom. The number of carbonyl (C=O) groups excluding carboxylic acids is 2. The molecular weight excluding hydrogens is 282 g/mol. The first-order valence-electron chi connectivity index (χ1n) is 6.99. The van der Waals surface area contributed by atoms with E-state index in [1.807, 2.05) is 20.8 Å². The van der Waals surface area contributed by atoms with Gasteiger partial charge in [-0.1, -0.05) is 18.0 Å². The molecule has 6 heteroatoms. The van der Waals surface area contributed by atoms with Crippen molar-refractivity contribution >= 4 is 23.7 Å². The average Bonchev–Trinajstić information content (AvgIpc) is 2.83. The van der Waals surface area contributed by atoms with Gasteiger partial charge in [-0.15, -0.1) is 0 Å². The predicted molar refractivity (Wildman–Crippen MR) is 74.4 cm³/mol. The molecule has 0 aromatic rings. The zero-order chi connectivity index (χ0) is 15.0. The topological polar surface area (TPSA) is 55.8 Å². The average molecular weight is 304 g/mol. The third-order valence-corrected chi connectivity index (χ3v) is 4.22. The summed E-state index contributed by atoms with van der Waals surface area (Å²) in [5, 5.41) is 0. The number of amides is 1. The smallest absolute Gasteiger partial charge is 0.410 e. The van der Waals surface area contributed by atoms with Gasteiger partial charge in [-0.3, -0.25) is 4.79 Å². The molecular formula is C14H22ClNO4. The molecule has 0 N–H and O–H groups in total. The van der Waals surface area contributed by atoms with E-state index >= 15 is 0 Å². The molecule has 2 atom stereocenters. The summed E-state index contributed by atoms with van der Waals surface area (Å²) < 4.78 is 10.4. The third-order valence-electron chi connectivity index (χ3n) is 4.11. The third kappa shape index (κ3) is 2.87. The second-order valence-electron chi connectivity index (χ2n) is 6.65. The zero-order valence-corrected chi connectivity index (χ0v) is 13.0. The van der Waals surface area contributed by atoms with E-state index in [0.717, 1.165) is 19.3 Å². The first-order valence-corrected chi connectivity index (χ1v) is 7.53. The summed E-state index contributed by atoms with van der Waals surface area (Å²) in [6.45, 7) is 6.44. The molecule has 0 aromatic heterocycles. The molecule has 1 amide bonds. The summed E-state index contributed by atoms with van der Waals surface area (Å²) in [5.41, 5.74) is -1.11. The fraction of sp³-hybridized carbons (Fsp3) is 0.857. The van der Waals surface area contributed by atoms with Crippen molar-refractivity contribution in [1.29, 1.82) is 0 Å². The van der Waals surface area contributed by atoms with E-state index < -0.39 is 11.0 Å². The van der Waals surface area contributed by atoms with E-state index in [2.05, 4.69) is 0 Å². The molecule has 1 aliphatic carbocycles. The lowest BCUT2D eigenvalue weighted by molar-refractivity contribution is -0.154. The highest BCUT2D eigenvalue weighted by Crippen LogP contribution is 2.49. The first kappa shape index (κ1) is 15.4. The summed E-state index contributed by atoms with van der Waals surface area (Å²) in [6.07, 6.45) is 2.33. The van der Waals surface area contributed by atoms with Gasteiger partial charge in [0.05, 0.1) is 5.41 Å². The van der Waals surface area contributed by atoms with Gasteiger partial charge in [0, 0.05) is 13.1 Å². The van der Waals surface area contributed by atoms with Crippen molar-refractivity contribution in [2.24, 2.45) is 11.3 Å². The Kier molecular flexibility index (Phi) is 4.19. The number of alkyl halides is 1. The molecule has 0 spiro atoms. The Morgan fingerprint density at radius 2 is 2.10 bits per heavy atom. The number of rotatable bonds is 2. The Morgan fingerprint density at radius 3 is 2.70 bits per heavy atom. The van der Waals surface area contributed by atoms with E-state index in [1.165, 1.54) is 0 Å². The van der Waals surface area contributed by atoms with Gasteiger partial charge in [0.15, 0.2) is 6.07 Å². The Balaban J connectivity index is 2.08. The minimum atomic E-state index is -0.578. The maximum atomic E-state index is 12.2. The van der Waals surface area contributed by atoms with Crippen LogP contribution in [-0.4, -0.2) is 41.7 Å². The fourth-order valence-electron chi connectivity index (χ4n) is 3.28. The lowest BCUT2D eigenvalue weighted by atomic mass is 9.81. The largest absolute Gasteiger partial charge is 0.449 e. The van der Waals surface area contributed by atoms with Crippen LogP contribution in [0.2, 0.25) is 0 Å². The quantitative estimate of drug-likeness (QED) is 0.581. The van der Waals surface area contributed by atoms with Gasteiger partial charge >= 0.3 is 12.1 Å². The van der Waals surface area contributed by atoms with Gasteiger partial charge in [0.1, 0.15) is 5.60 Å². The SMILES string of the molecule is CC(C)(C)OC(=O)N1C[C@H]2CCC[C@@]2(C(=O)OCCl)C1. The van der Waals surface area contributed by atoms with Crippen LogP contribution < -0.4 is 0 Å². The van der Waals surface area contributed by atoms with E-state index in [1.54, 1.807) is 4.90 Å². The normalized spacial score (nSPS) is 29.2. The second-order valence-corrected chi connectivity index (χ2v) is 6.87. The van der Waals surface area contributed by atoms with Gasteiger partial charge in [-0.05, 0) is 39.5 Å². The van der Waals surface area contributed by atoms with Gasteiger partial charge in [-0.25, -0.2) is 4.79 Å². The van der Waals surface area contributed by atoms with Gasteiger partial charge in [0.2, 0.25) is 0 Å². The number of nitrogens with zero attached hydrogens (tertiary/aromatic N) is 1. The highest BCUT2D eigenvalue weighted by molar-refractivity contribution is 6.17. The van der Waals surface area contributed by atoms with Crippen molar-refractivity contribution in [2.75, 3.05) is 19.2 Å². The van der Waals surface area contributed by atoms with Crippen molar-refractivity contribution in [3.8, 4) is 0 Å². The fourth-order valence-corrected chi connectivity index (χ4v) is 3.38. The zero-order valence-electron chi connectivity index (χ0n) is 12.3. The Bertz CT molecular complexity index is 406. The highest BCUT2D eigenvalue weighted by atomic mass is 35.5. The van der Waals surface area contributed by atoms with Crippen LogP contribution in [0.5, 0.6) is 0 Å². The van der Waals surface area contributed by atoms with Crippen LogP contribution in [0.4, 0.5) is 4.79 Å². The van der Waals surface area contributed by atoms with Gasteiger partial charge < -0.3 is 14.4 Å². The first-order chi connectivity index (χ1) is 9.28. The molecule has 5 nitrogen and oxygen atoms in total. The Hall–Kier alpha value is -0.970. The van der Waals surface area contributed by atoms with Crippen LogP contribution >= 0.6 is 11.6 Å². The second kappa shape index (κ2) is 5.43. The monoisotopic (exact) mass is 303 g/mol. The molecule has 2 rings (SSSR count). The number of likely N-dealkylation sites (tertiary alicyclic amines) is 1. The summed E-state index contributed by atoms with van der Waals surface area (Å²) >= 11 is 5.50. The number of hydrogen-bond acceptors (Lipinski definition) is 4. The van der Waals surface area contributed by atoms with Crippen LogP contribution in [-0.2, 0) is 14.3 Å². The van der Waals surface area contributed by atoms with Crippen molar-refractivity contribution in [3.63, 3.8) is 0 Å². The van der Waals surface area contributed by atoms with E-state index in [4.69, 9.17) is 21.1 Å². The predicted octanol–water partition coefficient (Wildman–Crippen LogP) is 2.76. The highest BCUT2D eigenvalue weighted by Gasteiger charge is 2.57. The number of fused-ring (bicyclic) bond motifs is 1.